The molecule has 38 heavy (non-hydrogen) atoms. The van der Waals surface area contributed by atoms with E-state index in [1.165, 1.54) is 38.5 Å². The van der Waals surface area contributed by atoms with E-state index in [1.54, 1.807) is 0 Å². The van der Waals surface area contributed by atoms with Gasteiger partial charge in [-0.15, -0.1) is 0 Å². The topological polar surface area (TPSA) is 195 Å². The molecule has 2 unspecified atom stereocenters. The van der Waals surface area contributed by atoms with E-state index in [1.807, 2.05) is 0 Å². The van der Waals surface area contributed by atoms with Crippen LogP contribution in [0.5, 0.6) is 0 Å². The van der Waals surface area contributed by atoms with Gasteiger partial charge in [0.2, 0.25) is 10.7 Å². The summed E-state index contributed by atoms with van der Waals surface area (Å²) < 4.78 is 29.9. The van der Waals surface area contributed by atoms with E-state index in [-0.39, 0.29) is 6.54 Å². The molecule has 220 valence electrons. The number of carboxylic acids is 3. The first kappa shape index (κ1) is 35.5. The minimum atomic E-state index is -5.68. The van der Waals surface area contributed by atoms with Crippen molar-refractivity contribution < 1.29 is 47.5 Å². The Morgan fingerprint density at radius 2 is 1.26 bits per heavy atom. The molecule has 0 saturated carbocycles. The van der Waals surface area contributed by atoms with Crippen molar-refractivity contribution >= 4 is 33.9 Å². The molecule has 0 aromatic rings. The van der Waals surface area contributed by atoms with E-state index in [9.17, 15) is 42.4 Å². The maximum absolute atomic E-state index is 12.3. The minimum Gasteiger partial charge on any atom is -0.481 e. The molecule has 0 bridgehead atoms. The molecule has 0 aliphatic carbocycles. The summed E-state index contributed by atoms with van der Waals surface area (Å²) in [4.78, 5) is 46.6. The average molecular weight is 564 g/mol. The van der Waals surface area contributed by atoms with Crippen molar-refractivity contribution in [2.75, 3.05) is 6.54 Å². The Bertz CT molecular complexity index is 871. The summed E-state index contributed by atoms with van der Waals surface area (Å²) in [6.07, 6.45) is 17.0. The van der Waals surface area contributed by atoms with Crippen LogP contribution in [0.3, 0.4) is 0 Å². The van der Waals surface area contributed by atoms with Crippen molar-refractivity contribution in [1.82, 2.24) is 5.32 Å². The quantitative estimate of drug-likeness (QED) is 0.0637. The van der Waals surface area contributed by atoms with Crippen molar-refractivity contribution in [2.24, 2.45) is 5.92 Å². The van der Waals surface area contributed by atoms with Crippen LogP contribution >= 0.6 is 0 Å². The predicted octanol–water partition coefficient (Wildman–Crippen LogP) is 4.42. The molecule has 0 radical (unpaired) electrons. The third-order valence-electron chi connectivity index (χ3n) is 6.50. The van der Waals surface area contributed by atoms with Crippen LogP contribution in [0.25, 0.3) is 0 Å². The van der Waals surface area contributed by atoms with Crippen LogP contribution in [0, 0.1) is 5.92 Å². The van der Waals surface area contributed by atoms with Crippen molar-refractivity contribution in [1.29, 1.82) is 0 Å². The molecule has 0 rings (SSSR count). The normalized spacial score (nSPS) is 14.2. The van der Waals surface area contributed by atoms with Crippen molar-refractivity contribution in [2.45, 2.75) is 114 Å². The molecular formula is C26H45NO10S. The number of hydrogen-bond acceptors (Lipinski definition) is 6. The van der Waals surface area contributed by atoms with E-state index in [2.05, 4.69) is 24.4 Å². The number of unbranched alkanes of at least 4 members (excludes halogenated alkanes) is 12. The zero-order valence-electron chi connectivity index (χ0n) is 22.4. The average Bonchev–Trinajstić information content (AvgIpc) is 2.81. The molecule has 0 spiro atoms. The van der Waals surface area contributed by atoms with Crippen LogP contribution in [-0.4, -0.2) is 63.4 Å². The van der Waals surface area contributed by atoms with Gasteiger partial charge in [-0.1, -0.05) is 76.9 Å². The predicted molar refractivity (Wildman–Crippen MR) is 142 cm³/mol. The SMILES string of the molecule is CCCCCCCC/C=C\CCCCCCCCNC(=O)CC(C(=O)O)(C(CC(=O)O)C(=O)O)S(=O)(=O)O. The molecule has 1 amide bonds. The highest BCUT2D eigenvalue weighted by atomic mass is 32.2. The van der Waals surface area contributed by atoms with Gasteiger partial charge in [-0.25, -0.2) is 0 Å². The Morgan fingerprint density at radius 3 is 1.68 bits per heavy atom. The molecular weight excluding hydrogens is 518 g/mol. The van der Waals surface area contributed by atoms with Gasteiger partial charge in [-0.05, 0) is 32.1 Å². The summed E-state index contributed by atoms with van der Waals surface area (Å²) in [6.45, 7) is 2.31. The van der Waals surface area contributed by atoms with E-state index in [0.29, 0.717) is 6.42 Å². The molecule has 0 saturated heterocycles. The van der Waals surface area contributed by atoms with Gasteiger partial charge in [0.1, 0.15) is 5.92 Å². The number of rotatable bonds is 24. The molecule has 0 aliphatic rings. The largest absolute Gasteiger partial charge is 0.481 e. The second-order valence-corrected chi connectivity index (χ2v) is 11.3. The van der Waals surface area contributed by atoms with Gasteiger partial charge < -0.3 is 20.6 Å². The van der Waals surface area contributed by atoms with Gasteiger partial charge in [0.15, 0.2) is 0 Å². The van der Waals surface area contributed by atoms with Crippen LogP contribution in [0.4, 0.5) is 0 Å². The number of allylic oxidation sites excluding steroid dienone is 2. The maximum atomic E-state index is 12.3. The highest BCUT2D eigenvalue weighted by molar-refractivity contribution is 7.88. The maximum Gasteiger partial charge on any atom is 0.329 e. The molecule has 12 heteroatoms. The first-order chi connectivity index (χ1) is 17.9. The molecule has 0 heterocycles. The van der Waals surface area contributed by atoms with Crippen LogP contribution in [0.2, 0.25) is 0 Å². The van der Waals surface area contributed by atoms with Crippen molar-refractivity contribution in [3.63, 3.8) is 0 Å². The van der Waals surface area contributed by atoms with Gasteiger partial charge in [-0.3, -0.25) is 23.7 Å². The number of amides is 1. The number of hydrogen-bond donors (Lipinski definition) is 5. The molecule has 5 N–H and O–H groups in total. The lowest BCUT2D eigenvalue weighted by Gasteiger charge is -2.30. The Balaban J connectivity index is 4.35. The van der Waals surface area contributed by atoms with Gasteiger partial charge >= 0.3 is 17.9 Å². The van der Waals surface area contributed by atoms with E-state index < -0.39 is 57.4 Å². The zero-order valence-corrected chi connectivity index (χ0v) is 23.2. The Morgan fingerprint density at radius 1 is 0.789 bits per heavy atom. The van der Waals surface area contributed by atoms with Gasteiger partial charge in [0.05, 0.1) is 12.8 Å². The zero-order chi connectivity index (χ0) is 29.0. The third kappa shape index (κ3) is 13.9. The van der Waals surface area contributed by atoms with Crippen molar-refractivity contribution in [3.8, 4) is 0 Å². The Hall–Kier alpha value is -2.47. The lowest BCUT2D eigenvalue weighted by molar-refractivity contribution is -0.156. The molecule has 0 aromatic heterocycles. The lowest BCUT2D eigenvalue weighted by Crippen LogP contribution is -2.57. The number of carboxylic acid groups (broad SMARTS) is 3. The first-order valence-corrected chi connectivity index (χ1v) is 14.9. The highest BCUT2D eigenvalue weighted by Crippen LogP contribution is 2.34. The van der Waals surface area contributed by atoms with Crippen LogP contribution in [0.15, 0.2) is 12.2 Å². The van der Waals surface area contributed by atoms with Crippen LogP contribution < -0.4 is 5.32 Å². The van der Waals surface area contributed by atoms with Crippen LogP contribution in [0.1, 0.15) is 110 Å². The minimum absolute atomic E-state index is 0.0951. The molecule has 0 aliphatic heterocycles. The van der Waals surface area contributed by atoms with Gasteiger partial charge in [-0.2, -0.15) is 8.42 Å². The van der Waals surface area contributed by atoms with Gasteiger partial charge in [0, 0.05) is 6.54 Å². The summed E-state index contributed by atoms with van der Waals surface area (Å²) in [7, 11) is -5.68. The second kappa shape index (κ2) is 19.6. The molecule has 2 atom stereocenters. The first-order valence-electron chi connectivity index (χ1n) is 13.5. The Labute approximate surface area is 225 Å². The number of carbonyl (C=O) groups is 4. The molecule has 11 nitrogen and oxygen atoms in total. The highest BCUT2D eigenvalue weighted by Gasteiger charge is 2.61. The van der Waals surface area contributed by atoms with Gasteiger partial charge in [0.25, 0.3) is 10.1 Å². The molecule has 0 aromatic carbocycles. The third-order valence-corrected chi connectivity index (χ3v) is 8.02. The van der Waals surface area contributed by atoms with E-state index in [0.717, 1.165) is 44.9 Å². The summed E-state index contributed by atoms with van der Waals surface area (Å²) in [5.74, 6) is -9.89. The summed E-state index contributed by atoms with van der Waals surface area (Å²) in [5.41, 5.74) is 0. The number of nitrogens with one attached hydrogen (secondary N) is 1. The van der Waals surface area contributed by atoms with Crippen LogP contribution in [-0.2, 0) is 29.3 Å². The monoisotopic (exact) mass is 563 g/mol. The number of carbonyl (C=O) groups excluding carboxylic acids is 1. The standard InChI is InChI=1S/C26H45NO10S/c1-2-3-4-5-6-7-8-9-10-11-12-13-14-15-16-17-18-27-22(28)20-26(25(33)34,38(35,36)37)21(24(31)32)19-23(29)30/h9-10,21H,2-8,11-20H2,1H3,(H,27,28)(H,29,30)(H,31,32)(H,33,34)(H,35,36,37)/b10-9-. The lowest BCUT2D eigenvalue weighted by atomic mass is 9.85. The molecule has 0 fully saturated rings. The summed E-state index contributed by atoms with van der Waals surface area (Å²) in [5, 5.41) is 30.0. The fraction of sp³-hybridized carbons (Fsp3) is 0.769. The Kier molecular flexibility index (Phi) is 18.3. The fourth-order valence-corrected chi connectivity index (χ4v) is 5.33. The van der Waals surface area contributed by atoms with Crippen molar-refractivity contribution in [3.05, 3.63) is 12.2 Å². The fourth-order valence-electron chi connectivity index (χ4n) is 4.26. The summed E-state index contributed by atoms with van der Waals surface area (Å²) in [6, 6.07) is 0. The van der Waals surface area contributed by atoms with E-state index >= 15 is 0 Å². The van der Waals surface area contributed by atoms with E-state index in [4.69, 9.17) is 5.11 Å². The number of aliphatic carboxylic acids is 3. The summed E-state index contributed by atoms with van der Waals surface area (Å²) >= 11 is 0. The second-order valence-electron chi connectivity index (χ2n) is 9.62. The smallest absolute Gasteiger partial charge is 0.329 e.